The summed E-state index contributed by atoms with van der Waals surface area (Å²) in [7, 11) is 0. The molecule has 3 heterocycles. The Morgan fingerprint density at radius 1 is 1.58 bits per heavy atom. The lowest BCUT2D eigenvalue weighted by molar-refractivity contribution is 0.0451. The molecule has 0 aromatic carbocycles. The lowest BCUT2D eigenvalue weighted by atomic mass is 10.00. The van der Waals surface area contributed by atoms with Crippen LogP contribution in [0.2, 0.25) is 5.02 Å². The smallest absolute Gasteiger partial charge is 0.276 e. The first-order chi connectivity index (χ1) is 9.11. The Morgan fingerprint density at radius 3 is 2.95 bits per heavy atom. The van der Waals surface area contributed by atoms with Gasteiger partial charge in [-0.3, -0.25) is 9.48 Å². The van der Waals surface area contributed by atoms with Crippen LogP contribution in [-0.2, 0) is 6.54 Å². The van der Waals surface area contributed by atoms with Gasteiger partial charge in [0.1, 0.15) is 5.76 Å². The molecule has 0 saturated carbocycles. The van der Waals surface area contributed by atoms with E-state index in [1.807, 2.05) is 0 Å². The first-order valence-electron chi connectivity index (χ1n) is 6.02. The number of likely N-dealkylation sites (tertiary alicyclic amines) is 1. The van der Waals surface area contributed by atoms with Gasteiger partial charge < -0.3 is 9.42 Å². The summed E-state index contributed by atoms with van der Waals surface area (Å²) in [6.07, 6.45) is 3.40. The average Bonchev–Trinajstić information content (AvgIpc) is 2.91. The van der Waals surface area contributed by atoms with Crippen molar-refractivity contribution >= 4 is 17.5 Å². The Morgan fingerprint density at radius 2 is 2.37 bits per heavy atom. The van der Waals surface area contributed by atoms with Crippen molar-refractivity contribution in [2.24, 2.45) is 5.92 Å². The monoisotopic (exact) mass is 280 g/mol. The van der Waals surface area contributed by atoms with E-state index >= 15 is 0 Å². The highest BCUT2D eigenvalue weighted by Gasteiger charge is 2.32. The molecule has 1 aliphatic heterocycles. The van der Waals surface area contributed by atoms with Crippen LogP contribution < -0.4 is 0 Å². The van der Waals surface area contributed by atoms with E-state index in [-0.39, 0.29) is 5.91 Å². The lowest BCUT2D eigenvalue weighted by Gasteiger charge is -2.38. The zero-order valence-electron chi connectivity index (χ0n) is 10.4. The molecule has 1 saturated heterocycles. The maximum absolute atomic E-state index is 12.0. The summed E-state index contributed by atoms with van der Waals surface area (Å²) in [6, 6.07) is 1.66. The van der Waals surface area contributed by atoms with Gasteiger partial charge >= 0.3 is 0 Å². The molecule has 0 unspecified atom stereocenters. The molecule has 0 N–H and O–H groups in total. The average molecular weight is 281 g/mol. The van der Waals surface area contributed by atoms with Crippen molar-refractivity contribution in [3.8, 4) is 0 Å². The van der Waals surface area contributed by atoms with Gasteiger partial charge in [0.15, 0.2) is 5.69 Å². The van der Waals surface area contributed by atoms with Gasteiger partial charge in [-0.05, 0) is 6.92 Å². The second-order valence-electron chi connectivity index (χ2n) is 4.78. The maximum Gasteiger partial charge on any atom is 0.276 e. The van der Waals surface area contributed by atoms with Crippen molar-refractivity contribution < 1.29 is 9.32 Å². The third kappa shape index (κ3) is 2.49. The summed E-state index contributed by atoms with van der Waals surface area (Å²) in [5.41, 5.74) is 0.373. The number of carbonyl (C=O) groups is 1. The fraction of sp³-hybridized carbons (Fsp3) is 0.417. The highest BCUT2D eigenvalue weighted by atomic mass is 35.5. The van der Waals surface area contributed by atoms with E-state index in [1.54, 1.807) is 35.0 Å². The Kier molecular flexibility index (Phi) is 3.02. The van der Waals surface area contributed by atoms with E-state index in [2.05, 4.69) is 10.3 Å². The molecule has 7 heteroatoms. The number of hydrogen-bond donors (Lipinski definition) is 0. The van der Waals surface area contributed by atoms with Crippen LogP contribution in [0.3, 0.4) is 0 Å². The third-order valence-corrected chi connectivity index (χ3v) is 3.33. The van der Waals surface area contributed by atoms with Gasteiger partial charge in [-0.2, -0.15) is 5.10 Å². The third-order valence-electron chi connectivity index (χ3n) is 3.14. The predicted molar refractivity (Wildman–Crippen MR) is 67.9 cm³/mol. The van der Waals surface area contributed by atoms with E-state index in [0.29, 0.717) is 35.5 Å². The fourth-order valence-electron chi connectivity index (χ4n) is 2.18. The molecule has 0 aliphatic carbocycles. The molecule has 0 radical (unpaired) electrons. The van der Waals surface area contributed by atoms with Crippen molar-refractivity contribution in [1.29, 1.82) is 0 Å². The summed E-state index contributed by atoms with van der Waals surface area (Å²) >= 11 is 5.80. The largest absolute Gasteiger partial charge is 0.361 e. The van der Waals surface area contributed by atoms with Gasteiger partial charge in [0.05, 0.1) is 11.2 Å². The van der Waals surface area contributed by atoms with Crippen LogP contribution in [-0.4, -0.2) is 38.8 Å². The van der Waals surface area contributed by atoms with Crippen molar-refractivity contribution in [2.75, 3.05) is 13.1 Å². The molecule has 0 spiro atoms. The summed E-state index contributed by atoms with van der Waals surface area (Å²) in [5, 5.41) is 8.48. The maximum atomic E-state index is 12.0. The Labute approximate surface area is 114 Å². The second kappa shape index (κ2) is 4.70. The minimum absolute atomic E-state index is 0.0772. The Hall–Kier alpha value is -1.82. The predicted octanol–water partition coefficient (Wildman–Crippen LogP) is 1.61. The van der Waals surface area contributed by atoms with E-state index in [0.717, 1.165) is 6.54 Å². The molecule has 0 bridgehead atoms. The molecule has 0 atom stereocenters. The first-order valence-corrected chi connectivity index (χ1v) is 6.40. The molecular weight excluding hydrogens is 268 g/mol. The molecule has 1 amide bonds. The Bertz CT molecular complexity index is 600. The number of halogens is 1. The number of amides is 1. The number of hydrogen-bond acceptors (Lipinski definition) is 4. The van der Waals surface area contributed by atoms with Crippen LogP contribution in [0.1, 0.15) is 16.2 Å². The number of aromatic nitrogens is 3. The molecule has 6 nitrogen and oxygen atoms in total. The summed E-state index contributed by atoms with van der Waals surface area (Å²) < 4.78 is 6.70. The fourth-order valence-corrected chi connectivity index (χ4v) is 2.34. The van der Waals surface area contributed by atoms with E-state index < -0.39 is 0 Å². The van der Waals surface area contributed by atoms with Gasteiger partial charge in [0, 0.05) is 37.8 Å². The zero-order valence-corrected chi connectivity index (χ0v) is 11.2. The quantitative estimate of drug-likeness (QED) is 0.857. The van der Waals surface area contributed by atoms with Gasteiger partial charge in [0.2, 0.25) is 0 Å². The van der Waals surface area contributed by atoms with Crippen LogP contribution in [0.25, 0.3) is 0 Å². The molecule has 100 valence electrons. The Balaban J connectivity index is 1.54. The highest BCUT2D eigenvalue weighted by molar-refractivity contribution is 6.30. The molecule has 2 aromatic rings. The number of rotatable bonds is 3. The highest BCUT2D eigenvalue weighted by Crippen LogP contribution is 2.20. The zero-order chi connectivity index (χ0) is 13.4. The minimum atomic E-state index is -0.0772. The number of nitrogens with zero attached hydrogens (tertiary/aromatic N) is 4. The second-order valence-corrected chi connectivity index (χ2v) is 5.22. The first kappa shape index (κ1) is 12.2. The van der Waals surface area contributed by atoms with Crippen molar-refractivity contribution in [1.82, 2.24) is 19.8 Å². The topological polar surface area (TPSA) is 64.2 Å². The van der Waals surface area contributed by atoms with E-state index in [9.17, 15) is 4.79 Å². The molecule has 3 rings (SSSR count). The van der Waals surface area contributed by atoms with Crippen LogP contribution >= 0.6 is 11.6 Å². The van der Waals surface area contributed by atoms with Crippen LogP contribution in [0.15, 0.2) is 23.0 Å². The van der Waals surface area contributed by atoms with E-state index in [4.69, 9.17) is 16.1 Å². The van der Waals surface area contributed by atoms with Crippen LogP contribution in [0, 0.1) is 12.8 Å². The normalized spacial score (nSPS) is 15.6. The van der Waals surface area contributed by atoms with Gasteiger partial charge in [0.25, 0.3) is 5.91 Å². The van der Waals surface area contributed by atoms with Crippen molar-refractivity contribution in [2.45, 2.75) is 13.5 Å². The summed E-state index contributed by atoms with van der Waals surface area (Å²) in [4.78, 5) is 13.8. The molecule has 2 aromatic heterocycles. The van der Waals surface area contributed by atoms with Gasteiger partial charge in [-0.15, -0.1) is 0 Å². The summed E-state index contributed by atoms with van der Waals surface area (Å²) in [5.74, 6) is 0.978. The van der Waals surface area contributed by atoms with Crippen molar-refractivity contribution in [3.05, 3.63) is 34.9 Å². The minimum Gasteiger partial charge on any atom is -0.361 e. The molecule has 1 aliphatic rings. The molecule has 19 heavy (non-hydrogen) atoms. The molecule has 1 fully saturated rings. The molecular formula is C12H13ClN4O2. The summed E-state index contributed by atoms with van der Waals surface area (Å²) in [6.45, 7) is 3.96. The van der Waals surface area contributed by atoms with Crippen LogP contribution in [0.4, 0.5) is 0 Å². The van der Waals surface area contributed by atoms with Crippen LogP contribution in [0.5, 0.6) is 0 Å². The SMILES string of the molecule is Cc1cc(C(=O)N2CC(Cn3cc(Cl)cn3)C2)no1. The van der Waals surface area contributed by atoms with Crippen molar-refractivity contribution in [3.63, 3.8) is 0 Å². The standard InChI is InChI=1S/C12H13ClN4O2/c1-8-2-11(15-19-8)12(18)16-4-9(5-16)6-17-7-10(13)3-14-17/h2-3,7,9H,4-6H2,1H3. The van der Waals surface area contributed by atoms with E-state index in [1.165, 1.54) is 0 Å². The van der Waals surface area contributed by atoms with Gasteiger partial charge in [-0.25, -0.2) is 0 Å². The lowest BCUT2D eigenvalue weighted by Crippen LogP contribution is -2.51. The number of carbonyl (C=O) groups excluding carboxylic acids is 1. The van der Waals surface area contributed by atoms with Gasteiger partial charge in [-0.1, -0.05) is 16.8 Å². The number of aryl methyl sites for hydroxylation is 1.